The summed E-state index contributed by atoms with van der Waals surface area (Å²) in [4.78, 5) is 36.8. The zero-order valence-electron chi connectivity index (χ0n) is 10.5. The molecule has 2 N–H and O–H groups in total. The fourth-order valence-corrected chi connectivity index (χ4v) is 4.09. The molecule has 1 aromatic heterocycles. The highest BCUT2D eigenvalue weighted by Crippen LogP contribution is 2.27. The summed E-state index contributed by atoms with van der Waals surface area (Å²) in [6, 6.07) is 3.44. The lowest BCUT2D eigenvalue weighted by Gasteiger charge is -2.20. The highest BCUT2D eigenvalue weighted by Gasteiger charge is 2.51. The Kier molecular flexibility index (Phi) is 3.43. The molecule has 2 aliphatic heterocycles. The third kappa shape index (κ3) is 2.40. The molecule has 1 spiro atoms. The minimum atomic E-state index is -0.916. The first-order chi connectivity index (χ1) is 9.59. The van der Waals surface area contributed by atoms with Gasteiger partial charge in [-0.3, -0.25) is 14.9 Å². The normalized spacial score (nSPS) is 25.1. The summed E-state index contributed by atoms with van der Waals surface area (Å²) in [5, 5.41) is 6.84. The number of nitrogens with one attached hydrogen (secondary N) is 2. The Morgan fingerprint density at radius 2 is 2.35 bits per heavy atom. The van der Waals surface area contributed by atoms with Crippen molar-refractivity contribution in [3.8, 4) is 0 Å². The molecule has 4 amide bonds. The SMILES string of the molecule is O=C1NC(=O)C2(CCN(C(=O)CSc3cccs3)C2)N1. The van der Waals surface area contributed by atoms with Crippen molar-refractivity contribution in [2.75, 3.05) is 18.8 Å². The largest absolute Gasteiger partial charge is 0.339 e. The van der Waals surface area contributed by atoms with Gasteiger partial charge in [0.05, 0.1) is 16.5 Å². The number of thioether (sulfide) groups is 1. The maximum absolute atomic E-state index is 12.1. The first-order valence-electron chi connectivity index (χ1n) is 6.17. The number of hydrogen-bond donors (Lipinski definition) is 2. The summed E-state index contributed by atoms with van der Waals surface area (Å²) < 4.78 is 1.10. The van der Waals surface area contributed by atoms with E-state index in [1.807, 2.05) is 17.5 Å². The molecule has 2 fully saturated rings. The van der Waals surface area contributed by atoms with Crippen molar-refractivity contribution >= 4 is 40.9 Å². The van der Waals surface area contributed by atoms with Crippen LogP contribution in [0.1, 0.15) is 6.42 Å². The van der Waals surface area contributed by atoms with Crippen LogP contribution in [0.25, 0.3) is 0 Å². The van der Waals surface area contributed by atoms with E-state index in [-0.39, 0.29) is 18.4 Å². The van der Waals surface area contributed by atoms with E-state index in [4.69, 9.17) is 0 Å². The van der Waals surface area contributed by atoms with E-state index in [0.717, 1.165) is 4.21 Å². The van der Waals surface area contributed by atoms with E-state index in [0.29, 0.717) is 18.7 Å². The Bertz CT molecular complexity index is 560. The van der Waals surface area contributed by atoms with Crippen molar-refractivity contribution in [3.05, 3.63) is 17.5 Å². The Morgan fingerprint density at radius 1 is 1.50 bits per heavy atom. The van der Waals surface area contributed by atoms with Gasteiger partial charge < -0.3 is 10.2 Å². The van der Waals surface area contributed by atoms with E-state index < -0.39 is 11.6 Å². The van der Waals surface area contributed by atoms with E-state index in [2.05, 4.69) is 10.6 Å². The molecule has 3 rings (SSSR count). The monoisotopic (exact) mass is 311 g/mol. The second kappa shape index (κ2) is 5.10. The molecule has 6 nitrogen and oxygen atoms in total. The number of urea groups is 1. The Morgan fingerprint density at radius 3 is 3.00 bits per heavy atom. The van der Waals surface area contributed by atoms with Crippen LogP contribution in [-0.4, -0.2) is 47.1 Å². The molecule has 8 heteroatoms. The Hall–Kier alpha value is -1.54. The van der Waals surface area contributed by atoms with Gasteiger partial charge in [-0.25, -0.2) is 4.79 Å². The first kappa shape index (κ1) is 13.4. The fourth-order valence-electron chi connectivity index (χ4n) is 2.41. The quantitative estimate of drug-likeness (QED) is 0.635. The molecule has 1 aromatic rings. The molecule has 0 bridgehead atoms. The molecular weight excluding hydrogens is 298 g/mol. The van der Waals surface area contributed by atoms with Gasteiger partial charge >= 0.3 is 6.03 Å². The van der Waals surface area contributed by atoms with Crippen LogP contribution in [0.5, 0.6) is 0 Å². The number of carbonyl (C=O) groups excluding carboxylic acids is 3. The second-order valence-corrected chi connectivity index (χ2v) is 7.00. The molecular formula is C12H13N3O3S2. The summed E-state index contributed by atoms with van der Waals surface area (Å²) >= 11 is 3.09. The van der Waals surface area contributed by atoms with E-state index >= 15 is 0 Å². The Labute approximate surface area is 123 Å². The summed E-state index contributed by atoms with van der Waals surface area (Å²) in [6.45, 7) is 0.756. The highest BCUT2D eigenvalue weighted by molar-refractivity contribution is 8.01. The number of amides is 4. The van der Waals surface area contributed by atoms with Crippen LogP contribution in [-0.2, 0) is 9.59 Å². The van der Waals surface area contributed by atoms with Gasteiger partial charge in [0.2, 0.25) is 5.91 Å². The van der Waals surface area contributed by atoms with Gasteiger partial charge in [-0.15, -0.1) is 23.1 Å². The molecule has 0 aliphatic carbocycles. The third-order valence-corrected chi connectivity index (χ3v) is 5.59. The average Bonchev–Trinajstić information content (AvgIpc) is 3.10. The third-order valence-electron chi connectivity index (χ3n) is 3.47. The van der Waals surface area contributed by atoms with Crippen LogP contribution in [0, 0.1) is 0 Å². The molecule has 0 radical (unpaired) electrons. The van der Waals surface area contributed by atoms with Crippen LogP contribution in [0.3, 0.4) is 0 Å². The van der Waals surface area contributed by atoms with Crippen molar-refractivity contribution in [1.29, 1.82) is 0 Å². The van der Waals surface area contributed by atoms with Crippen LogP contribution >= 0.6 is 23.1 Å². The van der Waals surface area contributed by atoms with Crippen molar-refractivity contribution in [2.45, 2.75) is 16.2 Å². The predicted molar refractivity (Wildman–Crippen MR) is 75.6 cm³/mol. The average molecular weight is 311 g/mol. The smallest absolute Gasteiger partial charge is 0.322 e. The lowest BCUT2D eigenvalue weighted by Crippen LogP contribution is -2.49. The molecule has 3 heterocycles. The summed E-state index contributed by atoms with van der Waals surface area (Å²) in [6.07, 6.45) is 0.472. The van der Waals surface area contributed by atoms with Crippen LogP contribution in [0.15, 0.2) is 21.7 Å². The molecule has 0 saturated carbocycles. The molecule has 20 heavy (non-hydrogen) atoms. The van der Waals surface area contributed by atoms with E-state index in [1.54, 1.807) is 16.2 Å². The fraction of sp³-hybridized carbons (Fsp3) is 0.417. The molecule has 106 valence electrons. The number of hydrogen-bond acceptors (Lipinski definition) is 5. The van der Waals surface area contributed by atoms with Gasteiger partial charge in [0.25, 0.3) is 5.91 Å². The van der Waals surface area contributed by atoms with Gasteiger partial charge in [0, 0.05) is 6.54 Å². The minimum Gasteiger partial charge on any atom is -0.339 e. The summed E-state index contributed by atoms with van der Waals surface area (Å²) in [5.41, 5.74) is -0.916. The maximum atomic E-state index is 12.1. The minimum absolute atomic E-state index is 0.00535. The molecule has 1 atom stereocenters. The van der Waals surface area contributed by atoms with Crippen LogP contribution < -0.4 is 10.6 Å². The van der Waals surface area contributed by atoms with E-state index in [1.165, 1.54) is 11.8 Å². The van der Waals surface area contributed by atoms with Crippen LogP contribution in [0.4, 0.5) is 4.79 Å². The van der Waals surface area contributed by atoms with Gasteiger partial charge in [0.1, 0.15) is 5.54 Å². The Balaban J connectivity index is 1.58. The molecule has 0 aromatic carbocycles. The van der Waals surface area contributed by atoms with Crippen LogP contribution in [0.2, 0.25) is 0 Å². The highest BCUT2D eigenvalue weighted by atomic mass is 32.2. The first-order valence-corrected chi connectivity index (χ1v) is 8.03. The number of carbonyl (C=O) groups is 3. The van der Waals surface area contributed by atoms with Crippen molar-refractivity contribution in [1.82, 2.24) is 15.5 Å². The summed E-state index contributed by atoms with van der Waals surface area (Å²) in [5.74, 6) is 0.0181. The van der Waals surface area contributed by atoms with Gasteiger partial charge in [-0.1, -0.05) is 6.07 Å². The number of imide groups is 1. The van der Waals surface area contributed by atoms with Gasteiger partial charge in [-0.05, 0) is 17.9 Å². The number of thiophene rings is 1. The maximum Gasteiger partial charge on any atom is 0.322 e. The van der Waals surface area contributed by atoms with Gasteiger partial charge in [-0.2, -0.15) is 0 Å². The zero-order chi connectivity index (χ0) is 14.2. The van der Waals surface area contributed by atoms with E-state index in [9.17, 15) is 14.4 Å². The predicted octanol–water partition coefficient (Wildman–Crippen LogP) is 0.651. The lowest BCUT2D eigenvalue weighted by atomic mass is 10.00. The zero-order valence-corrected chi connectivity index (χ0v) is 12.2. The van der Waals surface area contributed by atoms with Crippen molar-refractivity contribution in [3.63, 3.8) is 0 Å². The lowest BCUT2D eigenvalue weighted by molar-refractivity contribution is -0.128. The second-order valence-electron chi connectivity index (χ2n) is 4.78. The molecule has 1 unspecified atom stereocenters. The standard InChI is InChI=1S/C12H13N3O3S2/c16-8(6-20-9-2-1-5-19-9)15-4-3-12(7-15)10(17)13-11(18)14-12/h1-2,5H,3-4,6-7H2,(H2,13,14,17,18). The van der Waals surface area contributed by atoms with Crippen molar-refractivity contribution < 1.29 is 14.4 Å². The molecule has 2 aliphatic rings. The topological polar surface area (TPSA) is 78.5 Å². The van der Waals surface area contributed by atoms with Gasteiger partial charge in [0.15, 0.2) is 0 Å². The van der Waals surface area contributed by atoms with Crippen molar-refractivity contribution in [2.24, 2.45) is 0 Å². The number of likely N-dealkylation sites (tertiary alicyclic amines) is 1. The number of nitrogens with zero attached hydrogens (tertiary/aromatic N) is 1. The molecule has 2 saturated heterocycles. The number of rotatable bonds is 3. The summed E-state index contributed by atoms with van der Waals surface area (Å²) in [7, 11) is 0.